The topological polar surface area (TPSA) is 63.1 Å². The highest BCUT2D eigenvalue weighted by atomic mass is 19.1. The first-order valence-corrected chi connectivity index (χ1v) is 8.97. The highest BCUT2D eigenvalue weighted by Crippen LogP contribution is 2.28. The maximum Gasteiger partial charge on any atom is 0.243 e. The summed E-state index contributed by atoms with van der Waals surface area (Å²) in [5.74, 6) is -0.702. The first-order valence-electron chi connectivity index (χ1n) is 8.97. The number of aromatic nitrogens is 1. The van der Waals surface area contributed by atoms with Crippen LogP contribution in [0.3, 0.4) is 0 Å². The molecule has 6 heteroatoms. The van der Waals surface area contributed by atoms with Gasteiger partial charge in [-0.15, -0.1) is 0 Å². The van der Waals surface area contributed by atoms with Gasteiger partial charge in [-0.2, -0.15) is 0 Å². The lowest BCUT2D eigenvalue weighted by Crippen LogP contribution is -2.57. The van der Waals surface area contributed by atoms with Crippen LogP contribution in [0.15, 0.2) is 43.1 Å². The first kappa shape index (κ1) is 18.2. The fraction of sp³-hybridized carbons (Fsp3) is 0.400. The normalized spacial score (nSPS) is 16.2. The molecule has 138 valence electrons. The smallest absolute Gasteiger partial charge is 0.243 e. The second-order valence-corrected chi connectivity index (χ2v) is 6.96. The van der Waals surface area contributed by atoms with Crippen LogP contribution < -0.4 is 10.6 Å². The molecule has 0 radical (unpaired) electrons. The predicted octanol–water partition coefficient (Wildman–Crippen LogP) is 2.90. The van der Waals surface area contributed by atoms with Gasteiger partial charge in [0.15, 0.2) is 0 Å². The number of amides is 2. The predicted molar refractivity (Wildman–Crippen MR) is 99.1 cm³/mol. The van der Waals surface area contributed by atoms with E-state index in [0.717, 1.165) is 37.5 Å². The Hall–Kier alpha value is -2.63. The zero-order valence-corrected chi connectivity index (χ0v) is 14.8. The van der Waals surface area contributed by atoms with E-state index in [9.17, 15) is 14.0 Å². The molecular weight excluding hydrogens is 333 g/mol. The number of hydrogen-bond acceptors (Lipinski definition) is 2. The Bertz CT molecular complexity index is 822. The quantitative estimate of drug-likeness (QED) is 0.781. The molecule has 1 aliphatic carbocycles. The average Bonchev–Trinajstić information content (AvgIpc) is 3.02. The van der Waals surface area contributed by atoms with E-state index in [0.29, 0.717) is 12.1 Å². The van der Waals surface area contributed by atoms with Gasteiger partial charge in [0.25, 0.3) is 0 Å². The van der Waals surface area contributed by atoms with Crippen LogP contribution in [-0.2, 0) is 16.1 Å². The van der Waals surface area contributed by atoms with Gasteiger partial charge in [-0.3, -0.25) is 9.59 Å². The zero-order chi connectivity index (χ0) is 18.6. The molecule has 3 rings (SSSR count). The number of hydrogen-bond donors (Lipinski definition) is 2. The molecule has 1 aromatic heterocycles. The van der Waals surface area contributed by atoms with Gasteiger partial charge >= 0.3 is 0 Å². The number of carbonyl (C=O) groups excluding carboxylic acids is 2. The summed E-state index contributed by atoms with van der Waals surface area (Å²) in [7, 11) is 0. The Morgan fingerprint density at radius 2 is 2.00 bits per heavy atom. The standard InChI is InChI=1S/C20H24FN3O2/c1-2-18(25)22-14-20(9-4-3-5-10-20)23-19(26)13-24-11-8-15-6-7-16(21)12-17(15)24/h2,6-8,11-12H,1,3-5,9-10,13-14H2,(H,22,25)(H,23,26). The minimum atomic E-state index is -0.428. The van der Waals surface area contributed by atoms with Gasteiger partial charge in [0.1, 0.15) is 12.4 Å². The summed E-state index contributed by atoms with van der Waals surface area (Å²) in [6.45, 7) is 3.97. The minimum absolute atomic E-state index is 0.115. The lowest BCUT2D eigenvalue weighted by Gasteiger charge is -2.38. The molecule has 0 saturated heterocycles. The van der Waals surface area contributed by atoms with Crippen LogP contribution in [0.2, 0.25) is 0 Å². The Balaban J connectivity index is 1.71. The summed E-state index contributed by atoms with van der Waals surface area (Å²) >= 11 is 0. The van der Waals surface area contributed by atoms with Crippen LogP contribution in [0, 0.1) is 5.82 Å². The van der Waals surface area contributed by atoms with Crippen molar-refractivity contribution in [2.45, 2.75) is 44.2 Å². The molecule has 0 atom stereocenters. The van der Waals surface area contributed by atoms with Crippen molar-refractivity contribution in [1.29, 1.82) is 0 Å². The molecule has 0 unspecified atom stereocenters. The van der Waals surface area contributed by atoms with Gasteiger partial charge in [0, 0.05) is 12.7 Å². The van der Waals surface area contributed by atoms with Gasteiger partial charge < -0.3 is 15.2 Å². The molecule has 1 aromatic carbocycles. The number of nitrogens with zero attached hydrogens (tertiary/aromatic N) is 1. The van der Waals surface area contributed by atoms with Crippen molar-refractivity contribution in [3.05, 3.63) is 48.9 Å². The van der Waals surface area contributed by atoms with Crippen molar-refractivity contribution in [1.82, 2.24) is 15.2 Å². The fourth-order valence-electron chi connectivity index (χ4n) is 3.69. The number of rotatable bonds is 6. The third-order valence-electron chi connectivity index (χ3n) is 5.05. The minimum Gasteiger partial charge on any atom is -0.350 e. The van der Waals surface area contributed by atoms with Gasteiger partial charge in [-0.1, -0.05) is 25.8 Å². The average molecular weight is 357 g/mol. The molecular formula is C20H24FN3O2. The molecule has 2 N–H and O–H groups in total. The van der Waals surface area contributed by atoms with Crippen LogP contribution in [0.1, 0.15) is 32.1 Å². The number of halogens is 1. The summed E-state index contributed by atoms with van der Waals surface area (Å²) in [6, 6.07) is 6.41. The number of benzene rings is 1. The van der Waals surface area contributed by atoms with E-state index in [4.69, 9.17) is 0 Å². The van der Waals surface area contributed by atoms with Crippen molar-refractivity contribution >= 4 is 22.7 Å². The Morgan fingerprint density at radius 3 is 2.73 bits per heavy atom. The van der Waals surface area contributed by atoms with Gasteiger partial charge in [0.2, 0.25) is 11.8 Å². The highest BCUT2D eigenvalue weighted by molar-refractivity contribution is 5.87. The molecule has 0 bridgehead atoms. The molecule has 26 heavy (non-hydrogen) atoms. The van der Waals surface area contributed by atoms with Gasteiger partial charge in [-0.05, 0) is 48.6 Å². The third kappa shape index (κ3) is 4.12. The van der Waals surface area contributed by atoms with Crippen LogP contribution in [0.4, 0.5) is 4.39 Å². The van der Waals surface area contributed by atoms with E-state index in [1.807, 2.05) is 6.07 Å². The van der Waals surface area contributed by atoms with Crippen molar-refractivity contribution in [2.75, 3.05) is 6.54 Å². The summed E-state index contributed by atoms with van der Waals surface area (Å²) in [5.41, 5.74) is 0.264. The molecule has 0 aliphatic heterocycles. The Morgan fingerprint density at radius 1 is 1.23 bits per heavy atom. The van der Waals surface area contributed by atoms with E-state index in [1.54, 1.807) is 16.8 Å². The monoisotopic (exact) mass is 357 g/mol. The lowest BCUT2D eigenvalue weighted by atomic mass is 9.81. The number of carbonyl (C=O) groups is 2. The molecule has 1 heterocycles. The summed E-state index contributed by atoms with van der Waals surface area (Å²) in [6.07, 6.45) is 7.85. The van der Waals surface area contributed by atoms with E-state index in [-0.39, 0.29) is 24.2 Å². The second-order valence-electron chi connectivity index (χ2n) is 6.96. The molecule has 0 spiro atoms. The van der Waals surface area contributed by atoms with Crippen molar-refractivity contribution in [3.8, 4) is 0 Å². The first-order chi connectivity index (χ1) is 12.5. The maximum absolute atomic E-state index is 13.5. The molecule has 5 nitrogen and oxygen atoms in total. The van der Waals surface area contributed by atoms with Gasteiger partial charge in [0.05, 0.1) is 11.1 Å². The van der Waals surface area contributed by atoms with E-state index >= 15 is 0 Å². The molecule has 2 amide bonds. The van der Waals surface area contributed by atoms with Crippen LogP contribution in [0.25, 0.3) is 10.9 Å². The van der Waals surface area contributed by atoms with Crippen molar-refractivity contribution < 1.29 is 14.0 Å². The lowest BCUT2D eigenvalue weighted by molar-refractivity contribution is -0.124. The number of fused-ring (bicyclic) bond motifs is 1. The zero-order valence-electron chi connectivity index (χ0n) is 14.8. The van der Waals surface area contributed by atoms with Crippen LogP contribution in [-0.4, -0.2) is 28.5 Å². The summed E-state index contributed by atoms with van der Waals surface area (Å²) in [4.78, 5) is 24.2. The Kier molecular flexibility index (Phi) is 5.40. The highest BCUT2D eigenvalue weighted by Gasteiger charge is 2.33. The summed E-state index contributed by atoms with van der Waals surface area (Å²) < 4.78 is 15.3. The molecule has 2 aromatic rings. The third-order valence-corrected chi connectivity index (χ3v) is 5.05. The SMILES string of the molecule is C=CC(=O)NCC1(NC(=O)Cn2ccc3ccc(F)cc32)CCCCC1. The van der Waals surface area contributed by atoms with Gasteiger partial charge in [-0.25, -0.2) is 4.39 Å². The van der Waals surface area contributed by atoms with Crippen LogP contribution in [0.5, 0.6) is 0 Å². The molecule has 1 saturated carbocycles. The van der Waals surface area contributed by atoms with Crippen LogP contribution >= 0.6 is 0 Å². The van der Waals surface area contributed by atoms with Crippen molar-refractivity contribution in [2.24, 2.45) is 0 Å². The largest absolute Gasteiger partial charge is 0.350 e. The van der Waals surface area contributed by atoms with E-state index in [2.05, 4.69) is 17.2 Å². The fourth-order valence-corrected chi connectivity index (χ4v) is 3.69. The molecule has 1 fully saturated rings. The van der Waals surface area contributed by atoms with E-state index < -0.39 is 5.54 Å². The second kappa shape index (κ2) is 7.72. The van der Waals surface area contributed by atoms with Crippen molar-refractivity contribution in [3.63, 3.8) is 0 Å². The number of nitrogens with one attached hydrogen (secondary N) is 2. The Labute approximate surface area is 152 Å². The maximum atomic E-state index is 13.5. The molecule has 1 aliphatic rings. The van der Waals surface area contributed by atoms with E-state index in [1.165, 1.54) is 18.2 Å². The summed E-state index contributed by atoms with van der Waals surface area (Å²) in [5, 5.41) is 6.84.